The van der Waals surface area contributed by atoms with Crippen molar-refractivity contribution in [2.24, 2.45) is 0 Å². The van der Waals surface area contributed by atoms with Crippen molar-refractivity contribution in [1.82, 2.24) is 0 Å². The largest absolute Gasteiger partial charge is 0.399 e. The van der Waals surface area contributed by atoms with Crippen LogP contribution < -0.4 is 5.73 Å². The van der Waals surface area contributed by atoms with Crippen molar-refractivity contribution in [3.05, 3.63) is 29.3 Å². The molecule has 1 aromatic rings. The topological polar surface area (TPSA) is 61.5 Å². The van der Waals surface area contributed by atoms with E-state index in [9.17, 15) is 4.79 Å². The second kappa shape index (κ2) is 4.63. The van der Waals surface area contributed by atoms with Gasteiger partial charge in [0.05, 0.1) is 19.8 Å². The van der Waals surface area contributed by atoms with Gasteiger partial charge in [0.15, 0.2) is 5.78 Å². The maximum absolute atomic E-state index is 12.0. The van der Waals surface area contributed by atoms with E-state index in [0.29, 0.717) is 31.1 Å². The van der Waals surface area contributed by atoms with Crippen molar-refractivity contribution in [1.29, 1.82) is 0 Å². The van der Waals surface area contributed by atoms with Crippen LogP contribution in [0.2, 0.25) is 0 Å². The van der Waals surface area contributed by atoms with Gasteiger partial charge >= 0.3 is 0 Å². The predicted octanol–water partition coefficient (Wildman–Crippen LogP) is 1.18. The number of hydrogen-bond donors (Lipinski definition) is 1. The molecule has 0 aromatic heterocycles. The summed E-state index contributed by atoms with van der Waals surface area (Å²) in [7, 11) is 0. The fourth-order valence-corrected chi connectivity index (χ4v) is 1.65. The van der Waals surface area contributed by atoms with Gasteiger partial charge in [-0.25, -0.2) is 0 Å². The molecule has 4 heteroatoms. The van der Waals surface area contributed by atoms with Gasteiger partial charge in [0, 0.05) is 11.3 Å². The number of hydrogen-bond acceptors (Lipinski definition) is 4. The molecule has 4 nitrogen and oxygen atoms in total. The Morgan fingerprint density at radius 2 is 2.25 bits per heavy atom. The molecule has 0 radical (unpaired) electrons. The molecule has 1 saturated heterocycles. The van der Waals surface area contributed by atoms with Gasteiger partial charge in [0.25, 0.3) is 0 Å². The molecule has 1 unspecified atom stereocenters. The number of Topliss-reactive ketones (excluding diaryl/α,β-unsaturated/α-hetero) is 1. The number of aryl methyl sites for hydroxylation is 1. The van der Waals surface area contributed by atoms with Gasteiger partial charge in [-0.1, -0.05) is 0 Å². The van der Waals surface area contributed by atoms with Gasteiger partial charge in [-0.2, -0.15) is 0 Å². The third kappa shape index (κ3) is 2.23. The summed E-state index contributed by atoms with van der Waals surface area (Å²) >= 11 is 0. The summed E-state index contributed by atoms with van der Waals surface area (Å²) in [5.41, 5.74) is 7.92. The number of rotatable bonds is 2. The van der Waals surface area contributed by atoms with Crippen LogP contribution in [0.3, 0.4) is 0 Å². The SMILES string of the molecule is Cc1cc(C(=O)C2COCCO2)ccc1N. The van der Waals surface area contributed by atoms with Crippen molar-refractivity contribution in [2.45, 2.75) is 13.0 Å². The number of anilines is 1. The van der Waals surface area contributed by atoms with E-state index in [-0.39, 0.29) is 5.78 Å². The number of ether oxygens (including phenoxy) is 2. The van der Waals surface area contributed by atoms with Gasteiger partial charge in [-0.05, 0) is 30.7 Å². The predicted molar refractivity (Wildman–Crippen MR) is 60.5 cm³/mol. The first-order valence-electron chi connectivity index (χ1n) is 5.28. The zero-order valence-electron chi connectivity index (χ0n) is 9.23. The lowest BCUT2D eigenvalue weighted by Gasteiger charge is -2.21. The molecule has 1 atom stereocenters. The van der Waals surface area contributed by atoms with E-state index in [1.807, 2.05) is 6.92 Å². The molecule has 16 heavy (non-hydrogen) atoms. The number of carbonyl (C=O) groups is 1. The maximum atomic E-state index is 12.0. The lowest BCUT2D eigenvalue weighted by molar-refractivity contribution is -0.0719. The highest BCUT2D eigenvalue weighted by Crippen LogP contribution is 2.16. The number of nitrogen functional groups attached to an aromatic ring is 1. The minimum Gasteiger partial charge on any atom is -0.399 e. The minimum absolute atomic E-state index is 0.0391. The van der Waals surface area contributed by atoms with Crippen molar-refractivity contribution in [3.8, 4) is 0 Å². The highest BCUT2D eigenvalue weighted by Gasteiger charge is 2.23. The normalized spacial score (nSPS) is 20.7. The van der Waals surface area contributed by atoms with Gasteiger partial charge in [-0.15, -0.1) is 0 Å². The fraction of sp³-hybridized carbons (Fsp3) is 0.417. The van der Waals surface area contributed by atoms with Crippen LogP contribution in [-0.2, 0) is 9.47 Å². The van der Waals surface area contributed by atoms with Crippen molar-refractivity contribution < 1.29 is 14.3 Å². The molecule has 1 heterocycles. The van der Waals surface area contributed by atoms with Gasteiger partial charge in [-0.3, -0.25) is 4.79 Å². The van der Waals surface area contributed by atoms with E-state index in [2.05, 4.69) is 0 Å². The first-order chi connectivity index (χ1) is 7.68. The molecule has 2 N–H and O–H groups in total. The van der Waals surface area contributed by atoms with E-state index in [1.165, 1.54) is 0 Å². The zero-order chi connectivity index (χ0) is 11.5. The summed E-state index contributed by atoms with van der Waals surface area (Å²) in [4.78, 5) is 12.0. The Hall–Kier alpha value is -1.39. The quantitative estimate of drug-likeness (QED) is 0.601. The summed E-state index contributed by atoms with van der Waals surface area (Å²) < 4.78 is 10.6. The summed E-state index contributed by atoms with van der Waals surface area (Å²) in [5.74, 6) is -0.0391. The second-order valence-corrected chi connectivity index (χ2v) is 3.87. The standard InChI is InChI=1S/C12H15NO3/c1-8-6-9(2-3-10(8)13)12(14)11-7-15-4-5-16-11/h2-3,6,11H,4-5,7,13H2,1H3. The molecular weight excluding hydrogens is 206 g/mol. The van der Waals surface area contributed by atoms with E-state index < -0.39 is 6.10 Å². The Morgan fingerprint density at radius 1 is 1.44 bits per heavy atom. The Morgan fingerprint density at radius 3 is 2.88 bits per heavy atom. The summed E-state index contributed by atoms with van der Waals surface area (Å²) in [6, 6.07) is 5.25. The first-order valence-corrected chi connectivity index (χ1v) is 5.28. The molecule has 1 aliphatic heterocycles. The highest BCUT2D eigenvalue weighted by molar-refractivity contribution is 6.00. The van der Waals surface area contributed by atoms with Crippen molar-refractivity contribution >= 4 is 11.5 Å². The Bertz CT molecular complexity index is 397. The Kier molecular flexibility index (Phi) is 3.22. The molecule has 2 rings (SSSR count). The molecule has 0 amide bonds. The molecule has 86 valence electrons. The Labute approximate surface area is 94.3 Å². The van der Waals surface area contributed by atoms with Gasteiger partial charge in [0.2, 0.25) is 0 Å². The molecule has 1 aromatic carbocycles. The monoisotopic (exact) mass is 221 g/mol. The van der Waals surface area contributed by atoms with Crippen LogP contribution in [0.4, 0.5) is 5.69 Å². The van der Waals surface area contributed by atoms with Crippen LogP contribution >= 0.6 is 0 Å². The number of benzene rings is 1. The number of carbonyl (C=O) groups excluding carboxylic acids is 1. The summed E-state index contributed by atoms with van der Waals surface area (Å²) in [5, 5.41) is 0. The lowest BCUT2D eigenvalue weighted by Crippen LogP contribution is -2.35. The van der Waals surface area contributed by atoms with E-state index in [0.717, 1.165) is 5.56 Å². The van der Waals surface area contributed by atoms with E-state index in [4.69, 9.17) is 15.2 Å². The van der Waals surface area contributed by atoms with Crippen LogP contribution in [0.5, 0.6) is 0 Å². The second-order valence-electron chi connectivity index (χ2n) is 3.87. The average molecular weight is 221 g/mol. The van der Waals surface area contributed by atoms with Crippen LogP contribution in [0.15, 0.2) is 18.2 Å². The van der Waals surface area contributed by atoms with Crippen LogP contribution in [0, 0.1) is 6.92 Å². The summed E-state index contributed by atoms with van der Waals surface area (Å²) in [6.45, 7) is 3.25. The third-order valence-electron chi connectivity index (χ3n) is 2.66. The molecule has 0 saturated carbocycles. The average Bonchev–Trinajstić information content (AvgIpc) is 2.33. The van der Waals surface area contributed by atoms with Crippen molar-refractivity contribution in [2.75, 3.05) is 25.6 Å². The smallest absolute Gasteiger partial charge is 0.193 e. The molecule has 0 spiro atoms. The zero-order valence-corrected chi connectivity index (χ0v) is 9.23. The molecule has 0 bridgehead atoms. The fourth-order valence-electron chi connectivity index (χ4n) is 1.65. The number of ketones is 1. The molecular formula is C12H15NO3. The van der Waals surface area contributed by atoms with Gasteiger partial charge < -0.3 is 15.2 Å². The van der Waals surface area contributed by atoms with Crippen LogP contribution in [-0.4, -0.2) is 31.7 Å². The minimum atomic E-state index is -0.475. The van der Waals surface area contributed by atoms with Crippen LogP contribution in [0.1, 0.15) is 15.9 Å². The van der Waals surface area contributed by atoms with Gasteiger partial charge in [0.1, 0.15) is 6.10 Å². The van der Waals surface area contributed by atoms with E-state index >= 15 is 0 Å². The lowest BCUT2D eigenvalue weighted by atomic mass is 10.0. The number of nitrogens with two attached hydrogens (primary N) is 1. The summed E-state index contributed by atoms with van der Waals surface area (Å²) in [6.07, 6.45) is -0.475. The molecule has 0 aliphatic carbocycles. The Balaban J connectivity index is 2.16. The third-order valence-corrected chi connectivity index (χ3v) is 2.66. The van der Waals surface area contributed by atoms with E-state index in [1.54, 1.807) is 18.2 Å². The van der Waals surface area contributed by atoms with Crippen molar-refractivity contribution in [3.63, 3.8) is 0 Å². The molecule has 1 aliphatic rings. The molecule has 1 fully saturated rings. The highest BCUT2D eigenvalue weighted by atomic mass is 16.6. The first kappa shape index (κ1) is 11.1. The van der Waals surface area contributed by atoms with Crippen LogP contribution in [0.25, 0.3) is 0 Å². The maximum Gasteiger partial charge on any atom is 0.193 e.